The monoisotopic (exact) mass is 799 g/mol. The molecule has 0 aliphatic rings. The van der Waals surface area contributed by atoms with Gasteiger partial charge in [-0.1, -0.05) is 49.7 Å². The molecule has 1 atom stereocenters. The summed E-state index contributed by atoms with van der Waals surface area (Å²) in [7, 11) is 6.17. The van der Waals surface area contributed by atoms with Crippen LogP contribution in [0.15, 0.2) is 48.5 Å². The van der Waals surface area contributed by atoms with Crippen molar-refractivity contribution in [3.63, 3.8) is 0 Å². The lowest BCUT2D eigenvalue weighted by atomic mass is 9.97. The maximum absolute atomic E-state index is 13.3. The van der Waals surface area contributed by atoms with E-state index in [9.17, 15) is 14.4 Å². The number of carbonyl (C=O) groups excluding carboxylic acids is 3. The summed E-state index contributed by atoms with van der Waals surface area (Å²) >= 11 is 6.38. The molecule has 0 spiro atoms. The van der Waals surface area contributed by atoms with Crippen LogP contribution in [-0.2, 0) is 41.5 Å². The quantitative estimate of drug-likeness (QED) is 0.0780. The largest absolute Gasteiger partial charge is 0.496 e. The number of carbonyl (C=O) groups is 3. The number of amides is 1. The van der Waals surface area contributed by atoms with Gasteiger partial charge in [0.05, 0.1) is 86.7 Å². The van der Waals surface area contributed by atoms with Gasteiger partial charge in [0.2, 0.25) is 0 Å². The molecule has 0 saturated carbocycles. The number of halogens is 1. The summed E-state index contributed by atoms with van der Waals surface area (Å²) in [5.41, 5.74) is 3.61. The zero-order valence-electron chi connectivity index (χ0n) is 35.3. The average molecular weight is 800 g/mol. The fraction of sp³-hybridized carbons (Fsp3) is 0.523. The van der Waals surface area contributed by atoms with Gasteiger partial charge < -0.3 is 38.5 Å². The van der Waals surface area contributed by atoms with Crippen LogP contribution in [0.25, 0.3) is 11.1 Å². The average Bonchev–Trinajstić information content (AvgIpc) is 3.16. The van der Waals surface area contributed by atoms with Crippen LogP contribution in [0.5, 0.6) is 11.5 Å². The number of hydrogen-bond acceptors (Lipinski definition) is 10. The first-order chi connectivity index (χ1) is 26.5. The van der Waals surface area contributed by atoms with Gasteiger partial charge in [0, 0.05) is 13.7 Å². The van der Waals surface area contributed by atoms with Crippen molar-refractivity contribution in [2.45, 2.75) is 98.5 Å². The number of Topliss-reactive ketones (excluding diaryl/α,β-unsaturated/α-hetero) is 1. The minimum absolute atomic E-state index is 0.0874. The first-order valence-electron chi connectivity index (χ1n) is 18.9. The molecule has 12 heteroatoms. The Morgan fingerprint density at radius 2 is 1.34 bits per heavy atom. The van der Waals surface area contributed by atoms with E-state index in [0.717, 1.165) is 35.1 Å². The Morgan fingerprint density at radius 3 is 1.86 bits per heavy atom. The van der Waals surface area contributed by atoms with Crippen molar-refractivity contribution >= 4 is 29.3 Å². The number of methoxy groups -OCH3 is 4. The van der Waals surface area contributed by atoms with Gasteiger partial charge in [-0.25, -0.2) is 4.79 Å². The van der Waals surface area contributed by atoms with E-state index >= 15 is 0 Å². The van der Waals surface area contributed by atoms with Crippen LogP contribution in [0.3, 0.4) is 0 Å². The molecule has 3 rings (SSSR count). The highest BCUT2D eigenvalue weighted by molar-refractivity contribution is 6.34. The molecule has 3 aromatic carbocycles. The van der Waals surface area contributed by atoms with Crippen molar-refractivity contribution < 1.29 is 47.5 Å². The van der Waals surface area contributed by atoms with Crippen LogP contribution >= 0.6 is 11.6 Å². The first kappa shape index (κ1) is 48.1. The summed E-state index contributed by atoms with van der Waals surface area (Å²) in [4.78, 5) is 37.9. The topological polar surface area (TPSA) is 128 Å². The van der Waals surface area contributed by atoms with Gasteiger partial charge in [0.1, 0.15) is 11.5 Å². The molecule has 11 nitrogen and oxygen atoms in total. The van der Waals surface area contributed by atoms with Gasteiger partial charge >= 0.3 is 5.97 Å². The van der Waals surface area contributed by atoms with E-state index in [2.05, 4.69) is 19.2 Å². The minimum Gasteiger partial charge on any atom is -0.496 e. The third-order valence-corrected chi connectivity index (χ3v) is 9.37. The van der Waals surface area contributed by atoms with Gasteiger partial charge in [0.25, 0.3) is 5.91 Å². The van der Waals surface area contributed by atoms with E-state index in [4.69, 9.17) is 44.8 Å². The van der Waals surface area contributed by atoms with Gasteiger partial charge in [-0.05, 0) is 107 Å². The second-order valence-electron chi connectivity index (χ2n) is 14.3. The lowest BCUT2D eigenvalue weighted by Gasteiger charge is -2.29. The molecule has 0 unspecified atom stereocenters. The molecule has 0 aliphatic heterocycles. The maximum Gasteiger partial charge on any atom is 0.337 e. The van der Waals surface area contributed by atoms with Crippen LogP contribution in [-0.4, -0.2) is 89.8 Å². The van der Waals surface area contributed by atoms with E-state index in [1.54, 1.807) is 28.3 Å². The lowest BCUT2D eigenvalue weighted by Crippen LogP contribution is -2.41. The lowest BCUT2D eigenvalue weighted by molar-refractivity contribution is -0.118. The zero-order chi connectivity index (χ0) is 42.1. The fourth-order valence-electron chi connectivity index (χ4n) is 5.80. The highest BCUT2D eigenvalue weighted by Gasteiger charge is 2.25. The number of ether oxygens (including phenoxy) is 7. The number of ketones is 1. The molecule has 0 bridgehead atoms. The third-order valence-electron chi connectivity index (χ3n) is 9.07. The second-order valence-corrected chi connectivity index (χ2v) is 14.7. The van der Waals surface area contributed by atoms with Crippen LogP contribution in [0, 0.1) is 6.92 Å². The van der Waals surface area contributed by atoms with E-state index in [0.29, 0.717) is 50.1 Å². The zero-order valence-corrected chi connectivity index (χ0v) is 36.1. The van der Waals surface area contributed by atoms with Crippen LogP contribution in [0.1, 0.15) is 98.7 Å². The number of rotatable bonds is 22. The molecule has 310 valence electrons. The molecule has 0 radical (unpaired) electrons. The molecule has 1 amide bonds. The molecular formula is C44H62ClNO10. The third kappa shape index (κ3) is 14.8. The van der Waals surface area contributed by atoms with E-state index < -0.39 is 17.9 Å². The summed E-state index contributed by atoms with van der Waals surface area (Å²) < 4.78 is 39.6. The SMILES string of the molecule is CC.COCCC(C)(C)OCCC(C)(C)OCCOCc1cc(OC)c(-c2ccc(C[C@H](NC(=O)c3c(C)cc(C(=O)OC)cc3Cl)C(C)=O)cc2)c(OC)c1. The van der Waals surface area contributed by atoms with Crippen molar-refractivity contribution in [2.75, 3.05) is 54.9 Å². The number of benzene rings is 3. The summed E-state index contributed by atoms with van der Waals surface area (Å²) in [6, 6.07) is 13.6. The first-order valence-corrected chi connectivity index (χ1v) is 19.3. The highest BCUT2D eigenvalue weighted by Crippen LogP contribution is 2.40. The smallest absolute Gasteiger partial charge is 0.337 e. The molecule has 0 aromatic heterocycles. The molecule has 0 fully saturated rings. The van der Waals surface area contributed by atoms with Gasteiger partial charge in [-0.2, -0.15) is 0 Å². The highest BCUT2D eigenvalue weighted by atomic mass is 35.5. The molecule has 56 heavy (non-hydrogen) atoms. The van der Waals surface area contributed by atoms with Crippen molar-refractivity contribution in [1.29, 1.82) is 0 Å². The molecule has 3 aromatic rings. The summed E-state index contributed by atoms with van der Waals surface area (Å²) in [6.07, 6.45) is 1.83. The van der Waals surface area contributed by atoms with Crippen LogP contribution in [0.4, 0.5) is 0 Å². The van der Waals surface area contributed by atoms with Crippen LogP contribution < -0.4 is 14.8 Å². The van der Waals surface area contributed by atoms with Crippen molar-refractivity contribution in [2.24, 2.45) is 0 Å². The van der Waals surface area contributed by atoms with Crippen molar-refractivity contribution in [1.82, 2.24) is 5.32 Å². The fourth-order valence-corrected chi connectivity index (χ4v) is 6.16. The Bertz CT molecular complexity index is 1670. The minimum atomic E-state index is -0.809. The molecule has 0 aliphatic carbocycles. The Morgan fingerprint density at radius 1 is 0.768 bits per heavy atom. The molecule has 0 heterocycles. The Balaban J connectivity index is 0.00000532. The second kappa shape index (κ2) is 23.3. The predicted molar refractivity (Wildman–Crippen MR) is 220 cm³/mol. The summed E-state index contributed by atoms with van der Waals surface area (Å²) in [5.74, 6) is -0.0608. The van der Waals surface area contributed by atoms with Gasteiger partial charge in [0.15, 0.2) is 5.78 Å². The number of esters is 1. The van der Waals surface area contributed by atoms with E-state index in [1.807, 2.05) is 64.1 Å². The number of nitrogens with one attached hydrogen (secondary N) is 1. The van der Waals surface area contributed by atoms with Gasteiger partial charge in [-0.15, -0.1) is 0 Å². The Labute approximate surface area is 338 Å². The van der Waals surface area contributed by atoms with Crippen molar-refractivity contribution in [3.8, 4) is 22.6 Å². The van der Waals surface area contributed by atoms with Crippen LogP contribution in [0.2, 0.25) is 5.02 Å². The van der Waals surface area contributed by atoms with E-state index in [1.165, 1.54) is 26.2 Å². The molecule has 1 N–H and O–H groups in total. The Hall–Kier alpha value is -4.00. The van der Waals surface area contributed by atoms with Gasteiger partial charge in [-0.3, -0.25) is 9.59 Å². The van der Waals surface area contributed by atoms with Crippen molar-refractivity contribution in [3.05, 3.63) is 81.4 Å². The molecule has 0 saturated heterocycles. The predicted octanol–water partition coefficient (Wildman–Crippen LogP) is 8.61. The normalized spacial score (nSPS) is 11.9. The number of hydrogen-bond donors (Lipinski definition) is 1. The van der Waals surface area contributed by atoms with E-state index in [-0.39, 0.29) is 39.6 Å². The Kier molecular flexibility index (Phi) is 20.0. The summed E-state index contributed by atoms with van der Waals surface area (Å²) in [5, 5.41) is 2.89. The standard InChI is InChI=1S/C42H56ClNO10.C2H6/c1-27-21-32(40(47)51-10)25-33(43)37(27)39(46)44-34(28(2)45)22-29-11-13-31(14-12-29)38-35(49-8)23-30(24-36(38)50-9)26-52-19-20-54-42(5,6)16-18-53-41(3,4)15-17-48-7;1-2/h11-14,21,23-25,34H,15-20,22,26H2,1-10H3,(H,44,46);1-2H3/t34-;/m0./s1. The number of aryl methyl sites for hydroxylation is 1. The maximum atomic E-state index is 13.3. The summed E-state index contributed by atoms with van der Waals surface area (Å²) in [6.45, 7) is 17.7. The molecular weight excluding hydrogens is 738 g/mol.